The molecule has 1 aliphatic rings. The number of hydrogen-bond donors (Lipinski definition) is 0. The molecule has 0 spiro atoms. The Balaban J connectivity index is 1.90. The molecular weight excluding hydrogens is 343 g/mol. The predicted octanol–water partition coefficient (Wildman–Crippen LogP) is 2.89. The molecule has 2 aromatic rings. The maximum Gasteiger partial charge on any atom is 0.264 e. The second-order valence-corrected chi connectivity index (χ2v) is 7.95. The molecule has 0 saturated carbocycles. The third-order valence-electron chi connectivity index (χ3n) is 4.32. The highest BCUT2D eigenvalue weighted by atomic mass is 32.2. The van der Waals surface area contributed by atoms with Crippen LogP contribution in [0.4, 0.5) is 10.1 Å². The van der Waals surface area contributed by atoms with Crippen molar-refractivity contribution in [3.63, 3.8) is 0 Å². The van der Waals surface area contributed by atoms with Gasteiger partial charge in [-0.2, -0.15) is 0 Å². The number of rotatable bonds is 4. The van der Waals surface area contributed by atoms with Crippen molar-refractivity contribution in [2.24, 2.45) is 0 Å². The predicted molar refractivity (Wildman–Crippen MR) is 93.6 cm³/mol. The number of carbonyl (C=O) groups is 1. The van der Waals surface area contributed by atoms with Crippen LogP contribution in [-0.4, -0.2) is 39.4 Å². The minimum atomic E-state index is -3.84. The number of carbonyl (C=O) groups excluding carboxylic acids is 1. The fourth-order valence-electron chi connectivity index (χ4n) is 2.84. The summed E-state index contributed by atoms with van der Waals surface area (Å²) < 4.78 is 39.8. The second-order valence-electron chi connectivity index (χ2n) is 5.98. The van der Waals surface area contributed by atoms with Crippen LogP contribution in [0.5, 0.6) is 0 Å². The Kier molecular flexibility index (Phi) is 4.76. The summed E-state index contributed by atoms with van der Waals surface area (Å²) in [6.07, 6.45) is 1.94. The average molecular weight is 362 g/mol. The van der Waals surface area contributed by atoms with Crippen molar-refractivity contribution in [1.82, 2.24) is 4.90 Å². The topological polar surface area (TPSA) is 57.7 Å². The van der Waals surface area contributed by atoms with Crippen LogP contribution in [0.25, 0.3) is 0 Å². The zero-order chi connectivity index (χ0) is 18.0. The molecular formula is C18H19FN2O3S. The van der Waals surface area contributed by atoms with E-state index in [0.717, 1.165) is 17.1 Å². The Morgan fingerprint density at radius 2 is 1.72 bits per heavy atom. The fourth-order valence-corrected chi connectivity index (χ4v) is 4.08. The van der Waals surface area contributed by atoms with Gasteiger partial charge >= 0.3 is 0 Å². The van der Waals surface area contributed by atoms with E-state index in [2.05, 4.69) is 0 Å². The number of sulfonamides is 1. The van der Waals surface area contributed by atoms with Crippen molar-refractivity contribution in [3.8, 4) is 0 Å². The van der Waals surface area contributed by atoms with Gasteiger partial charge in [0, 0.05) is 25.7 Å². The molecule has 1 aliphatic heterocycles. The van der Waals surface area contributed by atoms with Gasteiger partial charge in [0.05, 0.1) is 10.6 Å². The number of halogens is 1. The molecule has 0 radical (unpaired) electrons. The summed E-state index contributed by atoms with van der Waals surface area (Å²) in [6.45, 7) is 1.40. The Labute approximate surface area is 146 Å². The van der Waals surface area contributed by atoms with Crippen LogP contribution in [0.2, 0.25) is 0 Å². The maximum absolute atomic E-state index is 13.0. The zero-order valence-electron chi connectivity index (χ0n) is 13.9. The largest absolute Gasteiger partial charge is 0.339 e. The smallest absolute Gasteiger partial charge is 0.264 e. The van der Waals surface area contributed by atoms with Crippen molar-refractivity contribution in [2.45, 2.75) is 17.7 Å². The first-order chi connectivity index (χ1) is 11.9. The first-order valence-corrected chi connectivity index (χ1v) is 9.47. The second kappa shape index (κ2) is 6.84. The van der Waals surface area contributed by atoms with E-state index in [-0.39, 0.29) is 10.8 Å². The van der Waals surface area contributed by atoms with E-state index < -0.39 is 15.8 Å². The standard InChI is InChI=1S/C18H19FN2O3S/c1-20(16-9-7-15(19)8-10-16)25(23,24)17-6-4-5-14(13-17)18(22)21-11-2-3-12-21/h4-10,13H,2-3,11-12H2,1H3. The van der Waals surface area contributed by atoms with E-state index >= 15 is 0 Å². The number of amides is 1. The van der Waals surface area contributed by atoms with Crippen LogP contribution in [0.15, 0.2) is 53.4 Å². The lowest BCUT2D eigenvalue weighted by Crippen LogP contribution is -2.29. The normalized spacial score (nSPS) is 14.6. The first-order valence-electron chi connectivity index (χ1n) is 8.03. The van der Waals surface area contributed by atoms with Gasteiger partial charge < -0.3 is 4.90 Å². The molecule has 0 atom stereocenters. The van der Waals surface area contributed by atoms with Gasteiger partial charge in [-0.1, -0.05) is 6.07 Å². The molecule has 1 heterocycles. The van der Waals surface area contributed by atoms with Gasteiger partial charge in [0.1, 0.15) is 5.82 Å². The molecule has 1 saturated heterocycles. The molecule has 5 nitrogen and oxygen atoms in total. The summed E-state index contributed by atoms with van der Waals surface area (Å²) in [5.41, 5.74) is 0.702. The molecule has 0 aromatic heterocycles. The zero-order valence-corrected chi connectivity index (χ0v) is 14.7. The van der Waals surface area contributed by atoms with Gasteiger partial charge in [-0.15, -0.1) is 0 Å². The number of hydrogen-bond acceptors (Lipinski definition) is 3. The number of nitrogens with zero attached hydrogens (tertiary/aromatic N) is 2. The van der Waals surface area contributed by atoms with Crippen LogP contribution in [0.3, 0.4) is 0 Å². The summed E-state index contributed by atoms with van der Waals surface area (Å²) in [5.74, 6) is -0.591. The van der Waals surface area contributed by atoms with Gasteiger partial charge in [-0.3, -0.25) is 9.10 Å². The molecule has 0 aliphatic carbocycles. The number of anilines is 1. The minimum absolute atomic E-state index is 0.0318. The lowest BCUT2D eigenvalue weighted by molar-refractivity contribution is 0.0792. The molecule has 1 amide bonds. The number of benzene rings is 2. The van der Waals surface area contributed by atoms with Gasteiger partial charge in [0.2, 0.25) is 0 Å². The molecule has 0 N–H and O–H groups in total. The van der Waals surface area contributed by atoms with E-state index in [0.29, 0.717) is 24.3 Å². The highest BCUT2D eigenvalue weighted by Gasteiger charge is 2.24. The lowest BCUT2D eigenvalue weighted by atomic mass is 10.2. The first kappa shape index (κ1) is 17.4. The molecule has 132 valence electrons. The molecule has 3 rings (SSSR count). The van der Waals surface area contributed by atoms with Crippen molar-refractivity contribution < 1.29 is 17.6 Å². The molecule has 7 heteroatoms. The Hall–Kier alpha value is -2.41. The van der Waals surface area contributed by atoms with Crippen LogP contribution >= 0.6 is 0 Å². The highest BCUT2D eigenvalue weighted by molar-refractivity contribution is 7.92. The summed E-state index contributed by atoms with van der Waals surface area (Å²) in [6, 6.07) is 11.2. The quantitative estimate of drug-likeness (QED) is 0.840. The molecule has 25 heavy (non-hydrogen) atoms. The van der Waals surface area contributed by atoms with Crippen LogP contribution in [-0.2, 0) is 10.0 Å². The SMILES string of the molecule is CN(c1ccc(F)cc1)S(=O)(=O)c1cccc(C(=O)N2CCCC2)c1. The molecule has 2 aromatic carbocycles. The summed E-state index contributed by atoms with van der Waals surface area (Å²) >= 11 is 0. The van der Waals surface area contributed by atoms with Crippen molar-refractivity contribution in [1.29, 1.82) is 0 Å². The average Bonchev–Trinajstić information content (AvgIpc) is 3.16. The van der Waals surface area contributed by atoms with Crippen LogP contribution in [0, 0.1) is 5.82 Å². The molecule has 0 unspecified atom stereocenters. The summed E-state index contributed by atoms with van der Waals surface area (Å²) in [4.78, 5) is 14.2. The summed E-state index contributed by atoms with van der Waals surface area (Å²) in [5, 5.41) is 0. The Morgan fingerprint density at radius 3 is 2.36 bits per heavy atom. The van der Waals surface area contributed by atoms with Gasteiger partial charge in [-0.25, -0.2) is 12.8 Å². The van der Waals surface area contributed by atoms with E-state index in [1.54, 1.807) is 17.0 Å². The van der Waals surface area contributed by atoms with Crippen LogP contribution < -0.4 is 4.31 Å². The monoisotopic (exact) mass is 362 g/mol. The third-order valence-corrected chi connectivity index (χ3v) is 6.10. The maximum atomic E-state index is 13.0. The van der Waals surface area contributed by atoms with Crippen LogP contribution in [0.1, 0.15) is 23.2 Å². The number of likely N-dealkylation sites (tertiary alicyclic amines) is 1. The van der Waals surface area contributed by atoms with E-state index in [9.17, 15) is 17.6 Å². The summed E-state index contributed by atoms with van der Waals surface area (Å²) in [7, 11) is -2.44. The lowest BCUT2D eigenvalue weighted by Gasteiger charge is -2.20. The van der Waals surface area contributed by atoms with Crippen molar-refractivity contribution >= 4 is 21.6 Å². The van der Waals surface area contributed by atoms with E-state index in [4.69, 9.17) is 0 Å². The van der Waals surface area contributed by atoms with Crippen molar-refractivity contribution in [2.75, 3.05) is 24.4 Å². The minimum Gasteiger partial charge on any atom is -0.339 e. The Morgan fingerprint density at radius 1 is 1.08 bits per heavy atom. The molecule has 1 fully saturated rings. The van der Waals surface area contributed by atoms with Gasteiger partial charge in [-0.05, 0) is 55.3 Å². The van der Waals surface area contributed by atoms with Gasteiger partial charge in [0.15, 0.2) is 0 Å². The van der Waals surface area contributed by atoms with E-state index in [1.807, 2.05) is 0 Å². The van der Waals surface area contributed by atoms with E-state index in [1.165, 1.54) is 43.4 Å². The van der Waals surface area contributed by atoms with Crippen molar-refractivity contribution in [3.05, 3.63) is 59.9 Å². The highest BCUT2D eigenvalue weighted by Crippen LogP contribution is 2.23. The molecule has 0 bridgehead atoms. The third kappa shape index (κ3) is 3.51. The van der Waals surface area contributed by atoms with Gasteiger partial charge in [0.25, 0.3) is 15.9 Å². The fraction of sp³-hybridized carbons (Fsp3) is 0.278. The Bertz CT molecular complexity index is 875.